The topological polar surface area (TPSA) is 39.4 Å². The van der Waals surface area contributed by atoms with Crippen molar-refractivity contribution in [3.8, 4) is 5.75 Å². The molecule has 17 heavy (non-hydrogen) atoms. The molecule has 0 amide bonds. The molecule has 1 unspecified atom stereocenters. The van der Waals surface area contributed by atoms with Crippen LogP contribution in [-0.2, 0) is 0 Å². The molecule has 0 saturated carbocycles. The summed E-state index contributed by atoms with van der Waals surface area (Å²) in [5.41, 5.74) is 0.474. The Balaban J connectivity index is 2.98. The van der Waals surface area contributed by atoms with E-state index in [9.17, 15) is 4.79 Å². The quantitative estimate of drug-likeness (QED) is 0.786. The van der Waals surface area contributed by atoms with Gasteiger partial charge in [-0.15, -0.1) is 0 Å². The number of ether oxygens (including phenoxy) is 1. The van der Waals surface area contributed by atoms with Gasteiger partial charge in [-0.25, -0.2) is 4.79 Å². The second-order valence-electron chi connectivity index (χ2n) is 4.25. The number of methoxy groups -OCH3 is 1. The third-order valence-corrected chi connectivity index (χ3v) is 2.74. The van der Waals surface area contributed by atoms with Crippen LogP contribution in [0.1, 0.15) is 38.0 Å². The molecule has 0 spiro atoms. The molecule has 3 heteroatoms. The van der Waals surface area contributed by atoms with Gasteiger partial charge in [0.2, 0.25) is 0 Å². The van der Waals surface area contributed by atoms with E-state index in [0.717, 1.165) is 18.4 Å². The van der Waals surface area contributed by atoms with Crippen molar-refractivity contribution >= 4 is 6.08 Å². The van der Waals surface area contributed by atoms with Crippen molar-refractivity contribution in [1.82, 2.24) is 0 Å². The fraction of sp³-hybridized carbons (Fsp3) is 0.500. The summed E-state index contributed by atoms with van der Waals surface area (Å²) in [5, 5.41) is 0. The minimum Gasteiger partial charge on any atom is -0.496 e. The lowest BCUT2D eigenvalue weighted by atomic mass is 10.0. The van der Waals surface area contributed by atoms with Crippen LogP contribution in [-0.4, -0.2) is 7.11 Å². The highest BCUT2D eigenvalue weighted by atomic mass is 16.5. The van der Waals surface area contributed by atoms with Gasteiger partial charge < -0.3 is 9.15 Å². The van der Waals surface area contributed by atoms with Crippen molar-refractivity contribution in [3.63, 3.8) is 0 Å². The van der Waals surface area contributed by atoms with Crippen molar-refractivity contribution in [1.29, 1.82) is 0 Å². The van der Waals surface area contributed by atoms with Gasteiger partial charge in [0.05, 0.1) is 13.2 Å². The average molecular weight is 236 g/mol. The smallest absolute Gasteiger partial charge is 0.339 e. The van der Waals surface area contributed by atoms with E-state index in [4.69, 9.17) is 9.15 Å². The van der Waals surface area contributed by atoms with Crippen molar-refractivity contribution in [3.05, 3.63) is 33.9 Å². The lowest BCUT2D eigenvalue weighted by Gasteiger charge is -2.06. The van der Waals surface area contributed by atoms with E-state index in [0.29, 0.717) is 17.4 Å². The molecule has 0 N–H and O–H groups in total. The highest BCUT2D eigenvalue weighted by Gasteiger charge is 2.07. The molecule has 0 aliphatic heterocycles. The average Bonchev–Trinajstić information content (AvgIpc) is 2.30. The van der Waals surface area contributed by atoms with E-state index < -0.39 is 0 Å². The molecule has 1 heterocycles. The SMILES string of the molecule is CCCC(C)C=Cc1oc(=O)cc(OC)c1C. The van der Waals surface area contributed by atoms with E-state index in [2.05, 4.69) is 19.9 Å². The summed E-state index contributed by atoms with van der Waals surface area (Å²) in [6, 6.07) is 1.36. The maximum atomic E-state index is 11.3. The Labute approximate surface area is 102 Å². The van der Waals surface area contributed by atoms with Crippen LogP contribution in [0, 0.1) is 12.8 Å². The first-order valence-electron chi connectivity index (χ1n) is 5.95. The van der Waals surface area contributed by atoms with Gasteiger partial charge in [-0.3, -0.25) is 0 Å². The molecule has 3 nitrogen and oxygen atoms in total. The predicted molar refractivity (Wildman–Crippen MR) is 69.4 cm³/mol. The number of hydrogen-bond donors (Lipinski definition) is 0. The number of hydrogen-bond acceptors (Lipinski definition) is 3. The van der Waals surface area contributed by atoms with Crippen LogP contribution in [0.4, 0.5) is 0 Å². The molecular formula is C14H20O3. The standard InChI is InChI=1S/C14H20O3/c1-5-6-10(2)7-8-12-11(3)13(16-4)9-14(15)17-12/h7-10H,5-6H2,1-4H3. The first kappa shape index (κ1) is 13.6. The summed E-state index contributed by atoms with van der Waals surface area (Å²) in [5.74, 6) is 1.64. The van der Waals surface area contributed by atoms with E-state index >= 15 is 0 Å². The molecule has 1 aromatic rings. The van der Waals surface area contributed by atoms with Gasteiger partial charge in [0.25, 0.3) is 0 Å². The molecular weight excluding hydrogens is 216 g/mol. The van der Waals surface area contributed by atoms with Crippen LogP contribution < -0.4 is 10.4 Å². The second kappa shape index (κ2) is 6.28. The van der Waals surface area contributed by atoms with E-state index in [-0.39, 0.29) is 5.63 Å². The first-order valence-corrected chi connectivity index (χ1v) is 5.95. The fourth-order valence-electron chi connectivity index (χ4n) is 1.73. The highest BCUT2D eigenvalue weighted by Crippen LogP contribution is 2.20. The monoisotopic (exact) mass is 236 g/mol. The van der Waals surface area contributed by atoms with Crippen LogP contribution in [0.2, 0.25) is 0 Å². The summed E-state index contributed by atoms with van der Waals surface area (Å²) in [7, 11) is 1.55. The molecule has 0 aromatic carbocycles. The fourth-order valence-corrected chi connectivity index (χ4v) is 1.73. The highest BCUT2D eigenvalue weighted by molar-refractivity contribution is 5.51. The van der Waals surface area contributed by atoms with Crippen LogP contribution in [0.5, 0.6) is 5.75 Å². The molecule has 0 fully saturated rings. The summed E-state index contributed by atoms with van der Waals surface area (Å²) in [6.07, 6.45) is 6.20. The number of allylic oxidation sites excluding steroid dienone is 1. The maximum absolute atomic E-state index is 11.3. The Morgan fingerprint density at radius 1 is 1.53 bits per heavy atom. The summed E-state index contributed by atoms with van der Waals surface area (Å²) in [6.45, 7) is 6.18. The maximum Gasteiger partial charge on any atom is 0.339 e. The first-order chi connectivity index (χ1) is 8.08. The molecule has 0 radical (unpaired) electrons. The second-order valence-corrected chi connectivity index (χ2v) is 4.25. The van der Waals surface area contributed by atoms with Crippen LogP contribution in [0.15, 0.2) is 21.4 Å². The van der Waals surface area contributed by atoms with Gasteiger partial charge in [0, 0.05) is 5.56 Å². The molecule has 0 bridgehead atoms. The third kappa shape index (κ3) is 3.77. The Hall–Kier alpha value is -1.51. The minimum absolute atomic E-state index is 0.379. The van der Waals surface area contributed by atoms with E-state index in [1.165, 1.54) is 6.07 Å². The van der Waals surface area contributed by atoms with Crippen LogP contribution in [0.3, 0.4) is 0 Å². The Morgan fingerprint density at radius 2 is 2.24 bits per heavy atom. The molecule has 1 aromatic heterocycles. The van der Waals surface area contributed by atoms with Crippen molar-refractivity contribution < 1.29 is 9.15 Å². The Bertz CT molecular complexity index is 443. The van der Waals surface area contributed by atoms with Gasteiger partial charge in [-0.1, -0.05) is 26.3 Å². The lowest BCUT2D eigenvalue weighted by molar-refractivity contribution is 0.395. The van der Waals surface area contributed by atoms with Gasteiger partial charge in [-0.2, -0.15) is 0 Å². The van der Waals surface area contributed by atoms with Crippen LogP contribution >= 0.6 is 0 Å². The van der Waals surface area contributed by atoms with Gasteiger partial charge in [0.1, 0.15) is 11.5 Å². The van der Waals surface area contributed by atoms with Gasteiger partial charge >= 0.3 is 5.63 Å². The Kier molecular flexibility index (Phi) is 5.01. The minimum atomic E-state index is -0.379. The Morgan fingerprint density at radius 3 is 2.82 bits per heavy atom. The van der Waals surface area contributed by atoms with E-state index in [1.54, 1.807) is 7.11 Å². The van der Waals surface area contributed by atoms with Crippen molar-refractivity contribution in [2.45, 2.75) is 33.6 Å². The lowest BCUT2D eigenvalue weighted by Crippen LogP contribution is -2.02. The predicted octanol–water partition coefficient (Wildman–Crippen LogP) is 3.41. The third-order valence-electron chi connectivity index (χ3n) is 2.74. The zero-order chi connectivity index (χ0) is 12.8. The van der Waals surface area contributed by atoms with Gasteiger partial charge in [-0.05, 0) is 25.3 Å². The zero-order valence-electron chi connectivity index (χ0n) is 10.9. The summed E-state index contributed by atoms with van der Waals surface area (Å²) < 4.78 is 10.3. The van der Waals surface area contributed by atoms with E-state index in [1.807, 2.05) is 13.0 Å². The summed E-state index contributed by atoms with van der Waals surface area (Å²) >= 11 is 0. The molecule has 0 aliphatic rings. The zero-order valence-corrected chi connectivity index (χ0v) is 10.9. The number of rotatable bonds is 5. The van der Waals surface area contributed by atoms with Crippen molar-refractivity contribution in [2.75, 3.05) is 7.11 Å². The molecule has 0 saturated heterocycles. The molecule has 0 aliphatic carbocycles. The molecule has 1 rings (SSSR count). The molecule has 94 valence electrons. The van der Waals surface area contributed by atoms with Gasteiger partial charge in [0.15, 0.2) is 0 Å². The largest absolute Gasteiger partial charge is 0.496 e. The summed E-state index contributed by atoms with van der Waals surface area (Å²) in [4.78, 5) is 11.3. The molecule has 1 atom stereocenters. The normalized spacial score (nSPS) is 12.9. The van der Waals surface area contributed by atoms with Crippen molar-refractivity contribution in [2.24, 2.45) is 5.92 Å². The van der Waals surface area contributed by atoms with Crippen LogP contribution in [0.25, 0.3) is 6.08 Å².